The molecule has 1 unspecified atom stereocenters. The molecule has 33 heavy (non-hydrogen) atoms. The summed E-state index contributed by atoms with van der Waals surface area (Å²) >= 11 is 0. The molecule has 4 heteroatoms. The highest BCUT2D eigenvalue weighted by Crippen LogP contribution is 2.65. The second-order valence-electron chi connectivity index (χ2n) is 10.2. The third-order valence-electron chi connectivity index (χ3n) is 8.71. The number of hydrogen-bond donors (Lipinski definition) is 1. The molecule has 0 aromatic carbocycles. The van der Waals surface area contributed by atoms with Gasteiger partial charge in [0.2, 0.25) is 5.91 Å². The number of hydrogen-bond acceptors (Lipinski definition) is 3. The molecule has 1 amide bonds. The third kappa shape index (κ3) is 4.12. The molecule has 2 fully saturated rings. The summed E-state index contributed by atoms with van der Waals surface area (Å²) in [4.78, 5) is 18.9. The number of nitrogens with two attached hydrogens (primary N) is 1. The van der Waals surface area contributed by atoms with Crippen LogP contribution >= 0.6 is 0 Å². The predicted molar refractivity (Wildman–Crippen MR) is 138 cm³/mol. The largest absolute Gasteiger partial charge is 0.342 e. The first kappa shape index (κ1) is 25.4. The Balaban J connectivity index is 0.000000728. The number of aromatic nitrogens is 1. The Hall–Kier alpha value is -2.20. The van der Waals surface area contributed by atoms with Crippen molar-refractivity contribution >= 4 is 11.5 Å². The summed E-state index contributed by atoms with van der Waals surface area (Å²) in [6, 6.07) is 4.24. The van der Waals surface area contributed by atoms with E-state index in [0.29, 0.717) is 17.8 Å². The SMILES string of the molecule is CC.CC1C[C@H]2C3=CC=C(c4cccnc4)[C@@]3(C)CC[C@@H]2[C@@]2(C)CCN(C)C(=O)C=C12.CN. The summed E-state index contributed by atoms with van der Waals surface area (Å²) in [5, 5.41) is 0. The average Bonchev–Trinajstić information content (AvgIpc) is 3.15. The van der Waals surface area contributed by atoms with Gasteiger partial charge in [-0.15, -0.1) is 0 Å². The lowest BCUT2D eigenvalue weighted by molar-refractivity contribution is -0.124. The van der Waals surface area contributed by atoms with Crippen LogP contribution in [0.2, 0.25) is 0 Å². The number of likely N-dealkylation sites (N-methyl/N-ethyl adjacent to an activating group) is 1. The maximum absolute atomic E-state index is 12.6. The zero-order chi connectivity index (χ0) is 24.4. The molecule has 180 valence electrons. The Bertz CT molecular complexity index is 947. The number of amides is 1. The Morgan fingerprint density at radius 3 is 2.52 bits per heavy atom. The van der Waals surface area contributed by atoms with Crippen molar-refractivity contribution in [1.82, 2.24) is 9.88 Å². The van der Waals surface area contributed by atoms with E-state index in [1.807, 2.05) is 50.3 Å². The summed E-state index contributed by atoms with van der Waals surface area (Å²) < 4.78 is 0. The quantitative estimate of drug-likeness (QED) is 0.583. The molecule has 0 bridgehead atoms. The minimum Gasteiger partial charge on any atom is -0.342 e. The van der Waals surface area contributed by atoms with Gasteiger partial charge in [0.15, 0.2) is 0 Å². The Labute approximate surface area is 201 Å². The number of allylic oxidation sites excluding steroid dienone is 5. The topological polar surface area (TPSA) is 59.2 Å². The molecular weight excluding hydrogens is 406 g/mol. The molecule has 3 aliphatic carbocycles. The summed E-state index contributed by atoms with van der Waals surface area (Å²) in [5.41, 5.74) is 10.5. The highest BCUT2D eigenvalue weighted by atomic mass is 16.2. The van der Waals surface area contributed by atoms with Crippen LogP contribution in [0.15, 0.2) is 53.9 Å². The fourth-order valence-corrected chi connectivity index (χ4v) is 7.04. The number of pyridine rings is 1. The van der Waals surface area contributed by atoms with Gasteiger partial charge in [-0.1, -0.05) is 64.0 Å². The maximum atomic E-state index is 12.6. The fourth-order valence-electron chi connectivity index (χ4n) is 7.04. The van der Waals surface area contributed by atoms with Crippen molar-refractivity contribution in [2.24, 2.45) is 34.3 Å². The highest BCUT2D eigenvalue weighted by molar-refractivity contribution is 5.89. The summed E-state index contributed by atoms with van der Waals surface area (Å²) in [5.74, 6) is 1.89. The van der Waals surface area contributed by atoms with Gasteiger partial charge in [-0.2, -0.15) is 0 Å². The van der Waals surface area contributed by atoms with Gasteiger partial charge >= 0.3 is 0 Å². The van der Waals surface area contributed by atoms with Crippen molar-refractivity contribution in [1.29, 1.82) is 0 Å². The van der Waals surface area contributed by atoms with Crippen molar-refractivity contribution in [3.8, 4) is 0 Å². The number of rotatable bonds is 1. The van der Waals surface area contributed by atoms with Gasteiger partial charge in [0.25, 0.3) is 0 Å². The predicted octanol–water partition coefficient (Wildman–Crippen LogP) is 5.87. The zero-order valence-electron chi connectivity index (χ0n) is 21.7. The third-order valence-corrected chi connectivity index (χ3v) is 8.71. The first-order chi connectivity index (χ1) is 15.8. The van der Waals surface area contributed by atoms with E-state index < -0.39 is 0 Å². The van der Waals surface area contributed by atoms with Crippen molar-refractivity contribution in [2.45, 2.75) is 60.3 Å². The van der Waals surface area contributed by atoms with Gasteiger partial charge in [0, 0.05) is 37.5 Å². The van der Waals surface area contributed by atoms with Crippen molar-refractivity contribution in [2.75, 3.05) is 20.6 Å². The van der Waals surface area contributed by atoms with Crippen LogP contribution in [-0.2, 0) is 4.79 Å². The normalized spacial score (nSPS) is 34.5. The van der Waals surface area contributed by atoms with E-state index >= 15 is 0 Å². The van der Waals surface area contributed by atoms with E-state index in [4.69, 9.17) is 0 Å². The lowest BCUT2D eigenvalue weighted by atomic mass is 9.47. The summed E-state index contributed by atoms with van der Waals surface area (Å²) in [6.45, 7) is 12.1. The Morgan fingerprint density at radius 1 is 1.12 bits per heavy atom. The molecule has 0 saturated heterocycles. The second kappa shape index (κ2) is 9.97. The summed E-state index contributed by atoms with van der Waals surface area (Å²) in [6.07, 6.45) is 15.3. The van der Waals surface area contributed by atoms with E-state index in [1.165, 1.54) is 43.0 Å². The van der Waals surface area contributed by atoms with Crippen LogP contribution in [0.1, 0.15) is 65.9 Å². The Kier molecular flexibility index (Phi) is 7.68. The highest BCUT2D eigenvalue weighted by Gasteiger charge is 2.55. The molecule has 5 rings (SSSR count). The van der Waals surface area contributed by atoms with Crippen LogP contribution in [0.5, 0.6) is 0 Å². The molecule has 1 aromatic heterocycles. The van der Waals surface area contributed by atoms with Gasteiger partial charge in [0.1, 0.15) is 0 Å². The Morgan fingerprint density at radius 2 is 1.85 bits per heavy atom. The van der Waals surface area contributed by atoms with Gasteiger partial charge < -0.3 is 10.6 Å². The smallest absolute Gasteiger partial charge is 0.246 e. The van der Waals surface area contributed by atoms with E-state index in [9.17, 15) is 4.79 Å². The molecule has 2 saturated carbocycles. The summed E-state index contributed by atoms with van der Waals surface area (Å²) in [7, 11) is 3.45. The monoisotopic (exact) mass is 449 g/mol. The number of carbonyl (C=O) groups excluding carboxylic acids is 1. The minimum absolute atomic E-state index is 0.124. The molecule has 2 heterocycles. The van der Waals surface area contributed by atoms with E-state index in [0.717, 1.165) is 13.0 Å². The van der Waals surface area contributed by atoms with Gasteiger partial charge in [-0.3, -0.25) is 9.78 Å². The van der Waals surface area contributed by atoms with Gasteiger partial charge in [-0.25, -0.2) is 0 Å². The maximum Gasteiger partial charge on any atom is 0.246 e. The van der Waals surface area contributed by atoms with Crippen LogP contribution < -0.4 is 5.73 Å². The molecule has 0 radical (unpaired) electrons. The molecule has 1 aromatic rings. The van der Waals surface area contributed by atoms with Crippen LogP contribution in [0.25, 0.3) is 5.57 Å². The molecule has 5 atom stereocenters. The number of nitrogens with zero attached hydrogens (tertiary/aromatic N) is 2. The second-order valence-corrected chi connectivity index (χ2v) is 10.2. The van der Waals surface area contributed by atoms with Crippen molar-refractivity contribution in [3.63, 3.8) is 0 Å². The zero-order valence-corrected chi connectivity index (χ0v) is 21.7. The van der Waals surface area contributed by atoms with Crippen LogP contribution in [0, 0.1) is 28.6 Å². The van der Waals surface area contributed by atoms with E-state index in [1.54, 1.807) is 5.57 Å². The van der Waals surface area contributed by atoms with Crippen LogP contribution in [0.4, 0.5) is 0 Å². The molecule has 4 aliphatic rings. The van der Waals surface area contributed by atoms with Crippen LogP contribution in [0.3, 0.4) is 0 Å². The molecule has 2 N–H and O–H groups in total. The van der Waals surface area contributed by atoms with E-state index in [-0.39, 0.29) is 16.7 Å². The molecule has 4 nitrogen and oxygen atoms in total. The molecule has 1 aliphatic heterocycles. The number of carbonyl (C=O) groups is 1. The van der Waals surface area contributed by atoms with Crippen LogP contribution in [-0.4, -0.2) is 36.4 Å². The lowest BCUT2D eigenvalue weighted by Gasteiger charge is -2.56. The van der Waals surface area contributed by atoms with E-state index in [2.05, 4.69) is 49.7 Å². The van der Waals surface area contributed by atoms with Gasteiger partial charge in [-0.05, 0) is 73.1 Å². The minimum atomic E-state index is 0.124. The first-order valence-corrected chi connectivity index (χ1v) is 12.7. The molecule has 0 spiro atoms. The average molecular weight is 450 g/mol. The van der Waals surface area contributed by atoms with Gasteiger partial charge in [0.05, 0.1) is 0 Å². The fraction of sp³-hybridized carbons (Fsp3) is 0.586. The van der Waals surface area contributed by atoms with Crippen molar-refractivity contribution in [3.05, 3.63) is 59.5 Å². The standard InChI is InChI=1S/C26H32N2O.C2H6.CH5N/c1-17-14-19-21-8-7-20(18-6-5-12-27-16-18)25(21,2)10-9-22(19)26(3)11-13-28(4)24(29)15-23(17)26;2*1-2/h5-8,12,15-17,19,22H,9-11,13-14H2,1-4H3;1-2H3;2H2,1H3/t17?,19-,22-,25+,26+;;/m0../s1. The lowest BCUT2D eigenvalue weighted by Crippen LogP contribution is -2.48. The van der Waals surface area contributed by atoms with Crippen molar-refractivity contribution < 1.29 is 4.79 Å². The molecular formula is C29H43N3O. The first-order valence-electron chi connectivity index (χ1n) is 12.7. The number of fused-ring (bicyclic) bond motifs is 5.